The summed E-state index contributed by atoms with van der Waals surface area (Å²) in [4.78, 5) is 11.2. The highest BCUT2D eigenvalue weighted by molar-refractivity contribution is 5.90. The summed E-state index contributed by atoms with van der Waals surface area (Å²) >= 11 is 0. The number of hydrogen-bond acceptors (Lipinski definition) is 3. The van der Waals surface area contributed by atoms with Gasteiger partial charge in [0.1, 0.15) is 0 Å². The Kier molecular flexibility index (Phi) is 4.71. The molecule has 0 radical (unpaired) electrons. The van der Waals surface area contributed by atoms with E-state index in [1.54, 1.807) is 12.4 Å². The number of ether oxygens (including phenoxy) is 1. The van der Waals surface area contributed by atoms with Crippen LogP contribution in [0.3, 0.4) is 0 Å². The van der Waals surface area contributed by atoms with Crippen molar-refractivity contribution in [2.24, 2.45) is 0 Å². The van der Waals surface area contributed by atoms with E-state index < -0.39 is 0 Å². The molecule has 0 atom stereocenters. The molecule has 1 aromatic heterocycles. The second-order valence-electron chi connectivity index (χ2n) is 2.90. The van der Waals surface area contributed by atoms with Gasteiger partial charge in [-0.05, 0) is 6.42 Å². The molecule has 1 amide bonds. The van der Waals surface area contributed by atoms with Crippen molar-refractivity contribution in [2.45, 2.75) is 19.8 Å². The van der Waals surface area contributed by atoms with E-state index in [-0.39, 0.29) is 5.91 Å². The lowest BCUT2D eigenvalue weighted by molar-refractivity contribution is -0.117. The van der Waals surface area contributed by atoms with Crippen LogP contribution in [0.1, 0.15) is 19.8 Å². The minimum Gasteiger partial charge on any atom is -0.381 e. The van der Waals surface area contributed by atoms with Gasteiger partial charge >= 0.3 is 0 Å². The topological polar surface area (TPSA) is 67.0 Å². The van der Waals surface area contributed by atoms with E-state index in [0.717, 1.165) is 6.42 Å². The number of aromatic amines is 1. The van der Waals surface area contributed by atoms with Gasteiger partial charge in [-0.2, -0.15) is 5.10 Å². The molecule has 0 aromatic carbocycles. The van der Waals surface area contributed by atoms with Crippen LogP contribution >= 0.6 is 0 Å². The van der Waals surface area contributed by atoms with Crippen LogP contribution < -0.4 is 5.32 Å². The van der Waals surface area contributed by atoms with Crippen molar-refractivity contribution < 1.29 is 9.53 Å². The SMILES string of the molecule is CCCOCCC(=O)Nc1cn[nH]c1. The molecule has 1 rings (SSSR count). The van der Waals surface area contributed by atoms with E-state index in [0.29, 0.717) is 25.3 Å². The fraction of sp³-hybridized carbons (Fsp3) is 0.556. The third-order valence-corrected chi connectivity index (χ3v) is 1.60. The van der Waals surface area contributed by atoms with Gasteiger partial charge in [0.15, 0.2) is 0 Å². The molecule has 0 aliphatic rings. The third-order valence-electron chi connectivity index (χ3n) is 1.60. The van der Waals surface area contributed by atoms with Gasteiger partial charge in [-0.3, -0.25) is 9.89 Å². The number of carbonyl (C=O) groups is 1. The molecule has 0 saturated heterocycles. The van der Waals surface area contributed by atoms with Crippen LogP contribution in [-0.2, 0) is 9.53 Å². The monoisotopic (exact) mass is 197 g/mol. The molecule has 0 fully saturated rings. The number of hydrogen-bond donors (Lipinski definition) is 2. The first-order valence-electron chi connectivity index (χ1n) is 4.69. The predicted octanol–water partition coefficient (Wildman–Crippen LogP) is 1.16. The van der Waals surface area contributed by atoms with Crippen LogP contribution in [0, 0.1) is 0 Å². The Bertz CT molecular complexity index is 259. The minimum absolute atomic E-state index is 0.0532. The standard InChI is InChI=1S/C9H15N3O2/c1-2-4-14-5-3-9(13)12-8-6-10-11-7-8/h6-7H,2-5H2,1H3,(H,10,11)(H,12,13). The average Bonchev–Trinajstić information content (AvgIpc) is 2.65. The summed E-state index contributed by atoms with van der Waals surface area (Å²) in [7, 11) is 0. The zero-order chi connectivity index (χ0) is 10.2. The molecule has 2 N–H and O–H groups in total. The van der Waals surface area contributed by atoms with Crippen molar-refractivity contribution in [1.82, 2.24) is 10.2 Å². The molecule has 0 aliphatic heterocycles. The zero-order valence-electron chi connectivity index (χ0n) is 8.25. The lowest BCUT2D eigenvalue weighted by atomic mass is 10.4. The summed E-state index contributed by atoms with van der Waals surface area (Å²) in [6, 6.07) is 0. The maximum atomic E-state index is 11.2. The van der Waals surface area contributed by atoms with Crippen LogP contribution in [0.25, 0.3) is 0 Å². The number of carbonyl (C=O) groups excluding carboxylic acids is 1. The normalized spacial score (nSPS) is 10.1. The molecular weight excluding hydrogens is 182 g/mol. The lowest BCUT2D eigenvalue weighted by Gasteiger charge is -2.02. The first-order chi connectivity index (χ1) is 6.83. The van der Waals surface area contributed by atoms with Crippen LogP contribution in [0.2, 0.25) is 0 Å². The molecule has 0 bridgehead atoms. The Hall–Kier alpha value is -1.36. The number of aromatic nitrogens is 2. The molecular formula is C9H15N3O2. The van der Waals surface area contributed by atoms with Gasteiger partial charge in [-0.1, -0.05) is 6.92 Å². The molecule has 1 heterocycles. The van der Waals surface area contributed by atoms with E-state index in [9.17, 15) is 4.79 Å². The highest BCUT2D eigenvalue weighted by atomic mass is 16.5. The second-order valence-corrected chi connectivity index (χ2v) is 2.90. The first kappa shape index (κ1) is 10.7. The molecule has 1 aromatic rings. The number of H-pyrrole nitrogens is 1. The van der Waals surface area contributed by atoms with E-state index in [1.807, 2.05) is 6.92 Å². The Morgan fingerprint density at radius 3 is 3.14 bits per heavy atom. The van der Waals surface area contributed by atoms with E-state index >= 15 is 0 Å². The number of rotatable bonds is 6. The molecule has 0 unspecified atom stereocenters. The van der Waals surface area contributed by atoms with Crippen molar-refractivity contribution in [3.63, 3.8) is 0 Å². The number of amides is 1. The van der Waals surface area contributed by atoms with Crippen molar-refractivity contribution >= 4 is 11.6 Å². The van der Waals surface area contributed by atoms with Crippen molar-refractivity contribution in [3.8, 4) is 0 Å². The number of anilines is 1. The number of nitrogens with zero attached hydrogens (tertiary/aromatic N) is 1. The molecule has 0 spiro atoms. The van der Waals surface area contributed by atoms with Gasteiger partial charge in [0, 0.05) is 12.8 Å². The van der Waals surface area contributed by atoms with Crippen molar-refractivity contribution in [3.05, 3.63) is 12.4 Å². The van der Waals surface area contributed by atoms with Crippen LogP contribution in [0.15, 0.2) is 12.4 Å². The van der Waals surface area contributed by atoms with Gasteiger partial charge in [0.2, 0.25) is 5.91 Å². The molecule has 14 heavy (non-hydrogen) atoms. The molecule has 0 aliphatic carbocycles. The third kappa shape index (κ3) is 4.04. The number of nitrogens with one attached hydrogen (secondary N) is 2. The van der Waals surface area contributed by atoms with Crippen molar-refractivity contribution in [1.29, 1.82) is 0 Å². The summed E-state index contributed by atoms with van der Waals surface area (Å²) in [6.45, 7) is 3.21. The Balaban J connectivity index is 2.11. The fourth-order valence-electron chi connectivity index (χ4n) is 0.954. The quantitative estimate of drug-likeness (QED) is 0.672. The zero-order valence-corrected chi connectivity index (χ0v) is 8.25. The van der Waals surface area contributed by atoms with Gasteiger partial charge < -0.3 is 10.1 Å². The summed E-state index contributed by atoms with van der Waals surface area (Å²) in [5, 5.41) is 9.02. The highest BCUT2D eigenvalue weighted by Gasteiger charge is 2.02. The lowest BCUT2D eigenvalue weighted by Crippen LogP contribution is -2.13. The summed E-state index contributed by atoms with van der Waals surface area (Å²) in [6.07, 6.45) is 4.55. The van der Waals surface area contributed by atoms with E-state index in [2.05, 4.69) is 15.5 Å². The average molecular weight is 197 g/mol. The van der Waals surface area contributed by atoms with Crippen LogP contribution in [0.5, 0.6) is 0 Å². The van der Waals surface area contributed by atoms with Gasteiger partial charge in [-0.15, -0.1) is 0 Å². The minimum atomic E-state index is -0.0532. The van der Waals surface area contributed by atoms with Crippen molar-refractivity contribution in [2.75, 3.05) is 18.5 Å². The fourth-order valence-corrected chi connectivity index (χ4v) is 0.954. The first-order valence-corrected chi connectivity index (χ1v) is 4.69. The summed E-state index contributed by atoms with van der Waals surface area (Å²) < 4.78 is 5.19. The van der Waals surface area contributed by atoms with Gasteiger partial charge in [-0.25, -0.2) is 0 Å². The molecule has 5 heteroatoms. The molecule has 0 saturated carbocycles. The van der Waals surface area contributed by atoms with E-state index in [4.69, 9.17) is 4.74 Å². The maximum absolute atomic E-state index is 11.2. The van der Waals surface area contributed by atoms with Crippen LogP contribution in [-0.4, -0.2) is 29.3 Å². The molecule has 78 valence electrons. The predicted molar refractivity (Wildman–Crippen MR) is 52.9 cm³/mol. The van der Waals surface area contributed by atoms with Gasteiger partial charge in [0.05, 0.1) is 24.9 Å². The summed E-state index contributed by atoms with van der Waals surface area (Å²) in [5.41, 5.74) is 0.686. The smallest absolute Gasteiger partial charge is 0.226 e. The highest BCUT2D eigenvalue weighted by Crippen LogP contribution is 2.01. The van der Waals surface area contributed by atoms with Gasteiger partial charge in [0.25, 0.3) is 0 Å². The maximum Gasteiger partial charge on any atom is 0.226 e. The Labute approximate surface area is 82.8 Å². The Morgan fingerprint density at radius 1 is 1.64 bits per heavy atom. The second kappa shape index (κ2) is 6.15. The summed E-state index contributed by atoms with van der Waals surface area (Å²) in [5.74, 6) is -0.0532. The van der Waals surface area contributed by atoms with E-state index in [1.165, 1.54) is 0 Å². The largest absolute Gasteiger partial charge is 0.381 e. The Morgan fingerprint density at radius 2 is 2.50 bits per heavy atom. The van der Waals surface area contributed by atoms with Crippen LogP contribution in [0.4, 0.5) is 5.69 Å². The molecule has 5 nitrogen and oxygen atoms in total.